The second kappa shape index (κ2) is 8.53. The van der Waals surface area contributed by atoms with Gasteiger partial charge in [0.1, 0.15) is 11.4 Å². The average molecular weight is 480 g/mol. The first kappa shape index (κ1) is 20.9. The van der Waals surface area contributed by atoms with Crippen LogP contribution in [0.15, 0.2) is 54.6 Å². The highest BCUT2D eigenvalue weighted by atomic mass is 35.5. The van der Waals surface area contributed by atoms with E-state index in [-0.39, 0.29) is 22.2 Å². The summed E-state index contributed by atoms with van der Waals surface area (Å²) in [6.45, 7) is 0. The summed E-state index contributed by atoms with van der Waals surface area (Å²) in [6.07, 6.45) is 0. The average Bonchev–Trinajstić information content (AvgIpc) is 3.20. The van der Waals surface area contributed by atoms with Crippen LogP contribution in [0.4, 0.5) is 5.95 Å². The number of aromatic amines is 1. The van der Waals surface area contributed by atoms with Gasteiger partial charge >= 0.3 is 0 Å². The first-order valence-electron chi connectivity index (χ1n) is 9.71. The maximum Gasteiger partial charge on any atom is 0.288 e. The van der Waals surface area contributed by atoms with E-state index in [4.69, 9.17) is 27.9 Å². The van der Waals surface area contributed by atoms with E-state index in [1.807, 2.05) is 48.5 Å². The van der Waals surface area contributed by atoms with E-state index < -0.39 is 5.91 Å². The van der Waals surface area contributed by atoms with Crippen molar-refractivity contribution in [3.63, 3.8) is 0 Å². The Hall–Kier alpha value is -3.95. The van der Waals surface area contributed by atoms with Crippen molar-refractivity contribution in [1.29, 1.82) is 0 Å². The Morgan fingerprint density at radius 1 is 0.939 bits per heavy atom. The summed E-state index contributed by atoms with van der Waals surface area (Å²) >= 11 is 11.6. The summed E-state index contributed by atoms with van der Waals surface area (Å²) in [5.74, 6) is 0.223. The molecule has 3 heterocycles. The summed E-state index contributed by atoms with van der Waals surface area (Å²) in [4.78, 5) is 32.4. The number of halogens is 2. The van der Waals surface area contributed by atoms with Crippen molar-refractivity contribution in [2.75, 3.05) is 12.5 Å². The number of hydrazine groups is 1. The molecule has 0 saturated heterocycles. The van der Waals surface area contributed by atoms with Gasteiger partial charge in [0.2, 0.25) is 16.5 Å². The van der Waals surface area contributed by atoms with Crippen molar-refractivity contribution in [2.45, 2.75) is 0 Å². The monoisotopic (exact) mass is 479 g/mol. The number of H-pyrrole nitrogens is 1. The standard InChI is InChI=1S/C22H15Cl2N7O2/c1-33-12-8-6-11(7-9-12)17-18-14(13-4-2-3-5-15(13)25-18)10-16(26-17)19(32)30-31-22-28-20(23)27-21(24)29-22/h2-10,25H,1H3,(H,30,32)(H,27,28,29,31). The Morgan fingerprint density at radius 3 is 2.39 bits per heavy atom. The lowest BCUT2D eigenvalue weighted by molar-refractivity contribution is 0.0957. The number of para-hydroxylation sites is 1. The van der Waals surface area contributed by atoms with E-state index in [0.717, 1.165) is 33.1 Å². The molecule has 5 rings (SSSR count). The minimum atomic E-state index is -0.496. The number of benzene rings is 2. The second-order valence-electron chi connectivity index (χ2n) is 6.95. The minimum absolute atomic E-state index is 0.00287. The zero-order chi connectivity index (χ0) is 22.9. The number of methoxy groups -OCH3 is 1. The number of amides is 1. The van der Waals surface area contributed by atoms with Crippen LogP contribution in [0.3, 0.4) is 0 Å². The molecule has 3 N–H and O–H groups in total. The summed E-state index contributed by atoms with van der Waals surface area (Å²) in [6, 6.07) is 17.0. The van der Waals surface area contributed by atoms with Crippen molar-refractivity contribution in [1.82, 2.24) is 30.3 Å². The van der Waals surface area contributed by atoms with Crippen molar-refractivity contribution in [3.8, 4) is 17.0 Å². The lowest BCUT2D eigenvalue weighted by Gasteiger charge is -2.10. The third-order valence-corrected chi connectivity index (χ3v) is 5.30. The predicted octanol–water partition coefficient (Wildman–Crippen LogP) is 4.64. The van der Waals surface area contributed by atoms with Crippen LogP contribution in [-0.4, -0.2) is 37.9 Å². The molecule has 0 aliphatic rings. The van der Waals surface area contributed by atoms with E-state index in [1.165, 1.54) is 0 Å². The Balaban J connectivity index is 1.58. The quantitative estimate of drug-likeness (QED) is 0.314. The molecular weight excluding hydrogens is 465 g/mol. The number of carbonyl (C=O) groups is 1. The number of rotatable bonds is 5. The fourth-order valence-electron chi connectivity index (χ4n) is 3.48. The van der Waals surface area contributed by atoms with Crippen LogP contribution < -0.4 is 15.6 Å². The number of anilines is 1. The van der Waals surface area contributed by atoms with Gasteiger partial charge < -0.3 is 9.72 Å². The van der Waals surface area contributed by atoms with E-state index in [0.29, 0.717) is 5.69 Å². The molecule has 0 bridgehead atoms. The Bertz CT molecular complexity index is 1480. The Morgan fingerprint density at radius 2 is 1.67 bits per heavy atom. The number of pyridine rings is 1. The SMILES string of the molecule is COc1ccc(-c2nc(C(=O)NNc3nc(Cl)nc(Cl)n3)cc3c2[nH]c2ccccc23)cc1. The normalized spacial score (nSPS) is 11.0. The molecule has 1 amide bonds. The summed E-state index contributed by atoms with van der Waals surface area (Å²) in [5, 5.41) is 1.63. The smallest absolute Gasteiger partial charge is 0.288 e. The fourth-order valence-corrected chi connectivity index (χ4v) is 3.84. The van der Waals surface area contributed by atoms with Gasteiger partial charge in [0, 0.05) is 21.9 Å². The molecule has 0 radical (unpaired) electrons. The van der Waals surface area contributed by atoms with Gasteiger partial charge in [-0.25, -0.2) is 4.98 Å². The Kier molecular flexibility index (Phi) is 5.41. The molecule has 11 heteroatoms. The highest BCUT2D eigenvalue weighted by molar-refractivity contribution is 6.31. The first-order chi connectivity index (χ1) is 16.0. The predicted molar refractivity (Wildman–Crippen MR) is 127 cm³/mol. The molecule has 0 atom stereocenters. The van der Waals surface area contributed by atoms with E-state index >= 15 is 0 Å². The zero-order valence-corrected chi connectivity index (χ0v) is 18.6. The highest BCUT2D eigenvalue weighted by Crippen LogP contribution is 2.33. The van der Waals surface area contributed by atoms with Crippen LogP contribution >= 0.6 is 23.2 Å². The van der Waals surface area contributed by atoms with Crippen molar-refractivity contribution < 1.29 is 9.53 Å². The van der Waals surface area contributed by atoms with Crippen molar-refractivity contribution in [3.05, 3.63) is 70.9 Å². The van der Waals surface area contributed by atoms with Crippen molar-refractivity contribution >= 4 is 56.9 Å². The molecule has 164 valence electrons. The van der Waals surface area contributed by atoms with Gasteiger partial charge in [0.15, 0.2) is 0 Å². The third-order valence-electron chi connectivity index (χ3n) is 4.96. The molecule has 3 aromatic heterocycles. The topological polar surface area (TPSA) is 118 Å². The minimum Gasteiger partial charge on any atom is -0.497 e. The number of hydrogen-bond acceptors (Lipinski definition) is 7. The number of ether oxygens (including phenoxy) is 1. The van der Waals surface area contributed by atoms with Crippen LogP contribution in [0, 0.1) is 0 Å². The Labute approximate surface area is 197 Å². The number of hydrogen-bond donors (Lipinski definition) is 3. The van der Waals surface area contributed by atoms with Gasteiger partial charge in [-0.15, -0.1) is 0 Å². The molecule has 0 unspecified atom stereocenters. The van der Waals surface area contributed by atoms with Gasteiger partial charge in [-0.1, -0.05) is 18.2 Å². The lowest BCUT2D eigenvalue weighted by atomic mass is 10.1. The van der Waals surface area contributed by atoms with Gasteiger partial charge in [-0.05, 0) is 59.6 Å². The number of carbonyl (C=O) groups excluding carboxylic acids is 1. The maximum atomic E-state index is 13.0. The first-order valence-corrected chi connectivity index (χ1v) is 10.5. The molecule has 2 aromatic carbocycles. The van der Waals surface area contributed by atoms with Crippen LogP contribution in [-0.2, 0) is 0 Å². The molecule has 33 heavy (non-hydrogen) atoms. The van der Waals surface area contributed by atoms with E-state index in [9.17, 15) is 4.79 Å². The number of nitrogens with one attached hydrogen (secondary N) is 3. The molecule has 0 aliphatic carbocycles. The molecule has 0 aliphatic heterocycles. The molecule has 5 aromatic rings. The van der Waals surface area contributed by atoms with E-state index in [2.05, 4.69) is 35.8 Å². The van der Waals surface area contributed by atoms with Crippen LogP contribution in [0.2, 0.25) is 10.6 Å². The lowest BCUT2D eigenvalue weighted by Crippen LogP contribution is -2.31. The van der Waals surface area contributed by atoms with Crippen molar-refractivity contribution in [2.24, 2.45) is 0 Å². The van der Waals surface area contributed by atoms with Crippen LogP contribution in [0.25, 0.3) is 33.1 Å². The van der Waals surface area contributed by atoms with Gasteiger partial charge in [-0.3, -0.25) is 15.6 Å². The highest BCUT2D eigenvalue weighted by Gasteiger charge is 2.17. The summed E-state index contributed by atoms with van der Waals surface area (Å²) in [7, 11) is 1.61. The summed E-state index contributed by atoms with van der Waals surface area (Å²) < 4.78 is 5.26. The molecule has 0 fully saturated rings. The van der Waals surface area contributed by atoms with Gasteiger partial charge in [0.05, 0.1) is 18.3 Å². The molecular formula is C22H15Cl2N7O2. The van der Waals surface area contributed by atoms with Gasteiger partial charge in [-0.2, -0.15) is 15.0 Å². The number of fused-ring (bicyclic) bond motifs is 3. The summed E-state index contributed by atoms with van der Waals surface area (Å²) in [5.41, 5.74) is 8.51. The second-order valence-corrected chi connectivity index (χ2v) is 7.63. The van der Waals surface area contributed by atoms with E-state index in [1.54, 1.807) is 13.2 Å². The maximum absolute atomic E-state index is 13.0. The van der Waals surface area contributed by atoms with Crippen LogP contribution in [0.5, 0.6) is 5.75 Å². The third kappa shape index (κ3) is 4.11. The molecule has 0 spiro atoms. The molecule has 9 nitrogen and oxygen atoms in total. The zero-order valence-electron chi connectivity index (χ0n) is 17.1. The molecule has 0 saturated carbocycles. The largest absolute Gasteiger partial charge is 0.497 e. The fraction of sp³-hybridized carbons (Fsp3) is 0.0455. The van der Waals surface area contributed by atoms with Gasteiger partial charge in [0.25, 0.3) is 5.91 Å². The number of nitrogens with zero attached hydrogens (tertiary/aromatic N) is 4. The van der Waals surface area contributed by atoms with Crippen LogP contribution in [0.1, 0.15) is 10.5 Å². The number of aromatic nitrogens is 5.